The maximum absolute atomic E-state index is 13.0. The highest BCUT2D eigenvalue weighted by Gasteiger charge is 2.32. The summed E-state index contributed by atoms with van der Waals surface area (Å²) in [7, 11) is 3.30. The van der Waals surface area contributed by atoms with Gasteiger partial charge >= 0.3 is 0 Å². The quantitative estimate of drug-likeness (QED) is 0.668. The number of amides is 2. The Bertz CT molecular complexity index is 901. The number of hydrogen-bond acceptors (Lipinski definition) is 4. The minimum atomic E-state index is -0.372. The number of nitrogens with zero attached hydrogens (tertiary/aromatic N) is 2. The number of nitrogens with two attached hydrogens (primary N) is 1. The van der Waals surface area contributed by atoms with Crippen LogP contribution < -0.4 is 15.4 Å². The summed E-state index contributed by atoms with van der Waals surface area (Å²) in [6, 6.07) is 13.0. The van der Waals surface area contributed by atoms with E-state index in [9.17, 15) is 9.59 Å². The maximum atomic E-state index is 13.0. The van der Waals surface area contributed by atoms with Gasteiger partial charge in [0.25, 0.3) is 5.91 Å². The van der Waals surface area contributed by atoms with Gasteiger partial charge in [0.2, 0.25) is 5.91 Å². The van der Waals surface area contributed by atoms with E-state index in [1.165, 1.54) is 15.4 Å². The summed E-state index contributed by atoms with van der Waals surface area (Å²) in [4.78, 5) is 28.1. The predicted octanol–water partition coefficient (Wildman–Crippen LogP) is 2.69. The zero-order valence-electron chi connectivity index (χ0n) is 15.7. The minimum absolute atomic E-state index is 0.0856. The molecule has 6 heteroatoms. The molecule has 0 saturated carbocycles. The van der Waals surface area contributed by atoms with Crippen LogP contribution in [0.2, 0.25) is 0 Å². The van der Waals surface area contributed by atoms with E-state index in [2.05, 4.69) is 6.92 Å². The Morgan fingerprint density at radius 1 is 1.19 bits per heavy atom. The van der Waals surface area contributed by atoms with Crippen molar-refractivity contribution in [1.29, 1.82) is 0 Å². The molecule has 0 aromatic heterocycles. The van der Waals surface area contributed by atoms with Crippen molar-refractivity contribution in [2.75, 3.05) is 31.3 Å². The SMILES string of the molecule is CCc1ccc(/C=C2/Oc3ccc(N)cc3N(CC(=O)N(C)C)C2=O)cc1. The number of likely N-dealkylation sites (N-methyl/N-ethyl adjacent to an activating group) is 1. The van der Waals surface area contributed by atoms with Gasteiger partial charge in [-0.15, -0.1) is 0 Å². The first-order valence-corrected chi connectivity index (χ1v) is 8.79. The Morgan fingerprint density at radius 3 is 2.52 bits per heavy atom. The molecule has 1 aliphatic heterocycles. The minimum Gasteiger partial charge on any atom is -0.449 e. The van der Waals surface area contributed by atoms with E-state index in [4.69, 9.17) is 10.5 Å². The van der Waals surface area contributed by atoms with E-state index in [1.54, 1.807) is 38.4 Å². The van der Waals surface area contributed by atoms with Crippen molar-refractivity contribution in [3.05, 3.63) is 59.4 Å². The van der Waals surface area contributed by atoms with Crippen molar-refractivity contribution >= 4 is 29.3 Å². The molecule has 0 spiro atoms. The van der Waals surface area contributed by atoms with Crippen molar-refractivity contribution in [1.82, 2.24) is 4.90 Å². The zero-order chi connectivity index (χ0) is 19.6. The van der Waals surface area contributed by atoms with Crippen molar-refractivity contribution < 1.29 is 14.3 Å². The summed E-state index contributed by atoms with van der Waals surface area (Å²) >= 11 is 0. The lowest BCUT2D eigenvalue weighted by Gasteiger charge is -2.31. The number of benzene rings is 2. The standard InChI is InChI=1S/C21H23N3O3/c1-4-14-5-7-15(8-6-14)11-19-21(26)24(13-20(25)23(2)3)17-12-16(22)9-10-18(17)27-19/h5-12H,4,13,22H2,1-3H3/b19-11+. The second-order valence-electron chi connectivity index (χ2n) is 6.61. The van der Waals surface area contributed by atoms with Crippen LogP contribution in [0.4, 0.5) is 11.4 Å². The van der Waals surface area contributed by atoms with Crippen LogP contribution in [0.3, 0.4) is 0 Å². The van der Waals surface area contributed by atoms with E-state index in [-0.39, 0.29) is 24.1 Å². The molecule has 1 aliphatic rings. The Morgan fingerprint density at radius 2 is 1.89 bits per heavy atom. The van der Waals surface area contributed by atoms with Crippen LogP contribution in [0.1, 0.15) is 18.1 Å². The molecule has 0 unspecified atom stereocenters. The molecule has 0 aliphatic carbocycles. The Balaban J connectivity index is 1.99. The monoisotopic (exact) mass is 365 g/mol. The van der Waals surface area contributed by atoms with E-state index in [0.29, 0.717) is 17.1 Å². The van der Waals surface area contributed by atoms with Crippen LogP contribution in [0.5, 0.6) is 5.75 Å². The molecule has 2 N–H and O–H groups in total. The Kier molecular flexibility index (Phi) is 5.16. The fourth-order valence-electron chi connectivity index (χ4n) is 2.76. The lowest BCUT2D eigenvalue weighted by Crippen LogP contribution is -2.44. The third-order valence-electron chi connectivity index (χ3n) is 4.43. The van der Waals surface area contributed by atoms with E-state index >= 15 is 0 Å². The third kappa shape index (κ3) is 3.95. The third-order valence-corrected chi connectivity index (χ3v) is 4.43. The normalized spacial score (nSPS) is 14.7. The number of hydrogen-bond donors (Lipinski definition) is 1. The second kappa shape index (κ2) is 7.53. The number of carbonyl (C=O) groups is 2. The molecule has 0 fully saturated rings. The largest absolute Gasteiger partial charge is 0.449 e. The molecule has 1 heterocycles. The topological polar surface area (TPSA) is 75.9 Å². The van der Waals surface area contributed by atoms with Crippen molar-refractivity contribution in [2.45, 2.75) is 13.3 Å². The number of rotatable bonds is 4. The van der Waals surface area contributed by atoms with Gasteiger partial charge in [0.15, 0.2) is 11.5 Å². The van der Waals surface area contributed by atoms with Gasteiger partial charge < -0.3 is 15.4 Å². The molecule has 0 saturated heterocycles. The first-order valence-electron chi connectivity index (χ1n) is 8.79. The number of carbonyl (C=O) groups excluding carboxylic acids is 2. The summed E-state index contributed by atoms with van der Waals surface area (Å²) in [5.41, 5.74) is 8.92. The first kappa shape index (κ1) is 18.5. The van der Waals surface area contributed by atoms with Crippen LogP contribution >= 0.6 is 0 Å². The molecular formula is C21H23N3O3. The van der Waals surface area contributed by atoms with Gasteiger partial charge in [-0.3, -0.25) is 14.5 Å². The highest BCUT2D eigenvalue weighted by molar-refractivity contribution is 6.12. The van der Waals surface area contributed by atoms with Gasteiger partial charge in [-0.2, -0.15) is 0 Å². The summed E-state index contributed by atoms with van der Waals surface area (Å²) < 4.78 is 5.82. The van der Waals surface area contributed by atoms with Gasteiger partial charge in [0, 0.05) is 19.8 Å². The highest BCUT2D eigenvalue weighted by atomic mass is 16.5. The molecular weight excluding hydrogens is 342 g/mol. The molecule has 3 rings (SSSR count). The van der Waals surface area contributed by atoms with Gasteiger partial charge in [-0.25, -0.2) is 0 Å². The summed E-state index contributed by atoms with van der Waals surface area (Å²) in [6.07, 6.45) is 2.63. The van der Waals surface area contributed by atoms with Gasteiger partial charge in [-0.1, -0.05) is 31.2 Å². The average molecular weight is 365 g/mol. The van der Waals surface area contributed by atoms with Gasteiger partial charge in [-0.05, 0) is 41.8 Å². The average Bonchev–Trinajstić information content (AvgIpc) is 2.66. The summed E-state index contributed by atoms with van der Waals surface area (Å²) in [6.45, 7) is 2.00. The molecule has 0 atom stereocenters. The lowest BCUT2D eigenvalue weighted by atomic mass is 10.1. The number of anilines is 2. The predicted molar refractivity (Wildman–Crippen MR) is 106 cm³/mol. The molecule has 27 heavy (non-hydrogen) atoms. The highest BCUT2D eigenvalue weighted by Crippen LogP contribution is 2.37. The molecule has 0 bridgehead atoms. The molecule has 2 amide bonds. The molecule has 6 nitrogen and oxygen atoms in total. The van der Waals surface area contributed by atoms with Crippen molar-refractivity contribution in [3.8, 4) is 5.75 Å². The Hall–Kier alpha value is -3.28. The number of ether oxygens (including phenoxy) is 1. The molecule has 0 radical (unpaired) electrons. The second-order valence-corrected chi connectivity index (χ2v) is 6.61. The van der Waals surface area contributed by atoms with Crippen molar-refractivity contribution in [3.63, 3.8) is 0 Å². The van der Waals surface area contributed by atoms with Crippen LogP contribution in [-0.4, -0.2) is 37.4 Å². The smallest absolute Gasteiger partial charge is 0.294 e. The summed E-state index contributed by atoms with van der Waals surface area (Å²) in [5, 5.41) is 0. The van der Waals surface area contributed by atoms with E-state index in [1.807, 2.05) is 24.3 Å². The maximum Gasteiger partial charge on any atom is 0.294 e. The molecule has 2 aromatic carbocycles. The number of fused-ring (bicyclic) bond motifs is 1. The first-order chi connectivity index (χ1) is 12.9. The molecule has 140 valence electrons. The number of nitrogen functional groups attached to an aromatic ring is 1. The van der Waals surface area contributed by atoms with Crippen molar-refractivity contribution in [2.24, 2.45) is 0 Å². The molecule has 2 aromatic rings. The number of aryl methyl sites for hydroxylation is 1. The van der Waals surface area contributed by atoms with Crippen LogP contribution in [0, 0.1) is 0 Å². The van der Waals surface area contributed by atoms with Crippen LogP contribution in [-0.2, 0) is 16.0 Å². The fourth-order valence-corrected chi connectivity index (χ4v) is 2.76. The van der Waals surface area contributed by atoms with Crippen LogP contribution in [0.15, 0.2) is 48.2 Å². The van der Waals surface area contributed by atoms with Gasteiger partial charge in [0.05, 0.1) is 5.69 Å². The Labute approximate surface area is 158 Å². The zero-order valence-corrected chi connectivity index (χ0v) is 15.7. The van der Waals surface area contributed by atoms with E-state index < -0.39 is 0 Å². The fraction of sp³-hybridized carbons (Fsp3) is 0.238. The lowest BCUT2D eigenvalue weighted by molar-refractivity contribution is -0.129. The summed E-state index contributed by atoms with van der Waals surface area (Å²) in [5.74, 6) is 0.100. The van der Waals surface area contributed by atoms with E-state index in [0.717, 1.165) is 12.0 Å². The van der Waals surface area contributed by atoms with Crippen LogP contribution in [0.25, 0.3) is 6.08 Å². The van der Waals surface area contributed by atoms with Gasteiger partial charge in [0.1, 0.15) is 6.54 Å².